The summed E-state index contributed by atoms with van der Waals surface area (Å²) < 4.78 is 27.9. The van der Waals surface area contributed by atoms with Crippen LogP contribution in [-0.2, 0) is 16.0 Å². The molecule has 8 heteroatoms. The van der Waals surface area contributed by atoms with Crippen molar-refractivity contribution >= 4 is 39.1 Å². The maximum Gasteiger partial charge on any atom is 0.249 e. The van der Waals surface area contributed by atoms with E-state index in [2.05, 4.69) is 10.3 Å². The Morgan fingerprint density at radius 3 is 2.55 bits per heavy atom. The second kappa shape index (κ2) is 9.09. The van der Waals surface area contributed by atoms with Crippen molar-refractivity contribution < 1.29 is 18.4 Å². The zero-order valence-corrected chi connectivity index (χ0v) is 16.9. The lowest BCUT2D eigenvalue weighted by Crippen LogP contribution is -2.48. The SMILES string of the molecule is CCN(C(=O)[C@H](CCc1cc(F)cc(F)c1)NC(C)=O)c1ccc2scnc2c1. The molecule has 0 aliphatic carbocycles. The fraction of sp³-hybridized carbons (Fsp3) is 0.286. The number of likely N-dealkylation sites (N-methyl/N-ethyl adjacent to an activating group) is 1. The minimum Gasteiger partial charge on any atom is -0.345 e. The maximum absolute atomic E-state index is 13.4. The monoisotopic (exact) mass is 417 g/mol. The zero-order valence-electron chi connectivity index (χ0n) is 16.1. The van der Waals surface area contributed by atoms with Gasteiger partial charge in [-0.25, -0.2) is 13.8 Å². The van der Waals surface area contributed by atoms with Gasteiger partial charge in [-0.2, -0.15) is 0 Å². The molecule has 0 fully saturated rings. The van der Waals surface area contributed by atoms with Crippen molar-refractivity contribution in [2.45, 2.75) is 32.7 Å². The van der Waals surface area contributed by atoms with Gasteiger partial charge in [-0.3, -0.25) is 9.59 Å². The zero-order chi connectivity index (χ0) is 21.0. The van der Waals surface area contributed by atoms with Crippen LogP contribution in [0.2, 0.25) is 0 Å². The molecule has 2 aromatic carbocycles. The number of anilines is 1. The van der Waals surface area contributed by atoms with Crippen molar-refractivity contribution in [3.05, 3.63) is 59.1 Å². The quantitative estimate of drug-likeness (QED) is 0.631. The topological polar surface area (TPSA) is 62.3 Å². The van der Waals surface area contributed by atoms with Gasteiger partial charge in [0, 0.05) is 25.2 Å². The highest BCUT2D eigenvalue weighted by Crippen LogP contribution is 2.25. The lowest BCUT2D eigenvalue weighted by Gasteiger charge is -2.27. The molecule has 5 nitrogen and oxygen atoms in total. The van der Waals surface area contributed by atoms with Crippen LogP contribution in [0.3, 0.4) is 0 Å². The van der Waals surface area contributed by atoms with Crippen LogP contribution in [0.5, 0.6) is 0 Å². The molecular formula is C21H21F2N3O2S. The van der Waals surface area contributed by atoms with Gasteiger partial charge >= 0.3 is 0 Å². The van der Waals surface area contributed by atoms with Gasteiger partial charge in [0.1, 0.15) is 17.7 Å². The molecule has 0 aliphatic heterocycles. The summed E-state index contributed by atoms with van der Waals surface area (Å²) in [5.41, 5.74) is 3.65. The van der Waals surface area contributed by atoms with Gasteiger partial charge < -0.3 is 10.2 Å². The summed E-state index contributed by atoms with van der Waals surface area (Å²) in [6.45, 7) is 3.58. The van der Waals surface area contributed by atoms with Crippen molar-refractivity contribution in [2.75, 3.05) is 11.4 Å². The molecule has 2 amide bonds. The van der Waals surface area contributed by atoms with Crippen LogP contribution in [0.1, 0.15) is 25.8 Å². The summed E-state index contributed by atoms with van der Waals surface area (Å²) in [5.74, 6) is -1.97. The van der Waals surface area contributed by atoms with E-state index in [1.807, 2.05) is 25.1 Å². The highest BCUT2D eigenvalue weighted by molar-refractivity contribution is 7.16. The number of carbonyl (C=O) groups is 2. The number of amides is 2. The number of hydrogen-bond acceptors (Lipinski definition) is 4. The molecule has 1 aromatic heterocycles. The minimum absolute atomic E-state index is 0.219. The highest BCUT2D eigenvalue weighted by atomic mass is 32.1. The third kappa shape index (κ3) is 5.14. The van der Waals surface area contributed by atoms with Gasteiger partial charge in [-0.1, -0.05) is 0 Å². The predicted molar refractivity (Wildman–Crippen MR) is 110 cm³/mol. The number of fused-ring (bicyclic) bond motifs is 1. The Morgan fingerprint density at radius 1 is 1.17 bits per heavy atom. The molecule has 0 saturated carbocycles. The molecule has 0 unspecified atom stereocenters. The first-order valence-corrected chi connectivity index (χ1v) is 10.1. The Morgan fingerprint density at radius 2 is 1.90 bits per heavy atom. The molecule has 0 saturated heterocycles. The van der Waals surface area contributed by atoms with E-state index in [0.29, 0.717) is 17.8 Å². The first-order valence-electron chi connectivity index (χ1n) is 9.24. The molecule has 0 spiro atoms. The van der Waals surface area contributed by atoms with Crippen LogP contribution in [0.25, 0.3) is 10.2 Å². The fourth-order valence-corrected chi connectivity index (χ4v) is 3.90. The van der Waals surface area contributed by atoms with E-state index in [9.17, 15) is 18.4 Å². The first kappa shape index (κ1) is 20.9. The smallest absolute Gasteiger partial charge is 0.249 e. The molecule has 1 N–H and O–H groups in total. The van der Waals surface area contributed by atoms with Crippen LogP contribution in [0.4, 0.5) is 14.5 Å². The van der Waals surface area contributed by atoms with Crippen LogP contribution >= 0.6 is 11.3 Å². The van der Waals surface area contributed by atoms with E-state index in [4.69, 9.17) is 0 Å². The lowest BCUT2D eigenvalue weighted by molar-refractivity contribution is -0.126. The summed E-state index contributed by atoms with van der Waals surface area (Å²) in [5, 5.41) is 2.66. The number of benzene rings is 2. The third-order valence-corrected chi connectivity index (χ3v) is 5.34. The van der Waals surface area contributed by atoms with Gasteiger partial charge in [-0.05, 0) is 55.7 Å². The van der Waals surface area contributed by atoms with Crippen molar-refractivity contribution in [1.29, 1.82) is 0 Å². The molecule has 3 rings (SSSR count). The Labute approximate surface area is 171 Å². The van der Waals surface area contributed by atoms with Crippen LogP contribution in [0.15, 0.2) is 41.9 Å². The second-order valence-electron chi connectivity index (χ2n) is 6.66. The summed E-state index contributed by atoms with van der Waals surface area (Å²) in [7, 11) is 0. The van der Waals surface area contributed by atoms with Gasteiger partial charge in [-0.15, -0.1) is 11.3 Å². The highest BCUT2D eigenvalue weighted by Gasteiger charge is 2.25. The number of halogens is 2. The van der Waals surface area contributed by atoms with E-state index in [1.54, 1.807) is 10.4 Å². The standard InChI is InChI=1S/C21H21F2N3O2S/c1-3-26(17-5-7-20-19(11-17)24-12-29-20)21(28)18(25-13(2)27)6-4-14-8-15(22)10-16(23)9-14/h5,7-12,18H,3-4,6H2,1-2H3,(H,25,27)/t18-/m0/s1. The van der Waals surface area contributed by atoms with Gasteiger partial charge in [0.05, 0.1) is 15.7 Å². The molecule has 0 bridgehead atoms. The second-order valence-corrected chi connectivity index (χ2v) is 7.54. The number of carbonyl (C=O) groups excluding carboxylic acids is 2. The van der Waals surface area contributed by atoms with E-state index >= 15 is 0 Å². The Hall–Kier alpha value is -2.87. The number of thiazole rings is 1. The molecular weight excluding hydrogens is 396 g/mol. The molecule has 1 heterocycles. The lowest BCUT2D eigenvalue weighted by atomic mass is 10.0. The Balaban J connectivity index is 1.81. The number of rotatable bonds is 7. The average molecular weight is 417 g/mol. The van der Waals surface area contributed by atoms with E-state index < -0.39 is 17.7 Å². The van der Waals surface area contributed by atoms with Crippen molar-refractivity contribution in [3.8, 4) is 0 Å². The normalized spacial score (nSPS) is 12.0. The van der Waals surface area contributed by atoms with Gasteiger partial charge in [0.2, 0.25) is 11.8 Å². The summed E-state index contributed by atoms with van der Waals surface area (Å²) in [6, 6.07) is 8.02. The average Bonchev–Trinajstić information content (AvgIpc) is 3.12. The van der Waals surface area contributed by atoms with Gasteiger partial charge in [0.25, 0.3) is 0 Å². The number of nitrogens with zero attached hydrogens (tertiary/aromatic N) is 2. The molecule has 0 radical (unpaired) electrons. The summed E-state index contributed by atoms with van der Waals surface area (Å²) in [6.07, 6.45) is 0.463. The number of nitrogens with one attached hydrogen (secondary N) is 1. The van der Waals surface area contributed by atoms with E-state index in [1.165, 1.54) is 30.4 Å². The predicted octanol–water partition coefficient (Wildman–Crippen LogP) is 4.06. The maximum atomic E-state index is 13.4. The van der Waals surface area contributed by atoms with Crippen molar-refractivity contribution in [2.24, 2.45) is 0 Å². The van der Waals surface area contributed by atoms with Crippen LogP contribution in [-0.4, -0.2) is 29.4 Å². The molecule has 1 atom stereocenters. The molecule has 152 valence electrons. The van der Waals surface area contributed by atoms with Crippen LogP contribution < -0.4 is 10.2 Å². The summed E-state index contributed by atoms with van der Waals surface area (Å²) >= 11 is 1.51. The Kier molecular flexibility index (Phi) is 6.53. The largest absolute Gasteiger partial charge is 0.345 e. The molecule has 29 heavy (non-hydrogen) atoms. The Bertz CT molecular complexity index is 1020. The van der Waals surface area contributed by atoms with E-state index in [-0.39, 0.29) is 24.7 Å². The molecule has 0 aliphatic rings. The van der Waals surface area contributed by atoms with Crippen LogP contribution in [0, 0.1) is 11.6 Å². The third-order valence-electron chi connectivity index (χ3n) is 4.53. The minimum atomic E-state index is -0.815. The van der Waals surface area contributed by atoms with Gasteiger partial charge in [0.15, 0.2) is 0 Å². The fourth-order valence-electron chi connectivity index (χ4n) is 3.24. The van der Waals surface area contributed by atoms with E-state index in [0.717, 1.165) is 16.3 Å². The number of aromatic nitrogens is 1. The first-order chi connectivity index (χ1) is 13.9. The molecule has 3 aromatic rings. The van der Waals surface area contributed by atoms with Crippen molar-refractivity contribution in [1.82, 2.24) is 10.3 Å². The van der Waals surface area contributed by atoms with Crippen molar-refractivity contribution in [3.63, 3.8) is 0 Å². The summed E-state index contributed by atoms with van der Waals surface area (Å²) in [4.78, 5) is 30.7. The number of hydrogen-bond donors (Lipinski definition) is 1. The number of aryl methyl sites for hydroxylation is 1.